The Labute approximate surface area is 87.3 Å². The highest BCUT2D eigenvalue weighted by molar-refractivity contribution is 4.83. The molecular formula is C11H21N3. The van der Waals surface area contributed by atoms with Gasteiger partial charge in [-0.15, -0.1) is 0 Å². The zero-order valence-corrected chi connectivity index (χ0v) is 9.53. The molecule has 1 atom stereocenters. The SMILES string of the molecule is CC(C)N1CCN(C(C)CC#N)CC1. The molecule has 1 rings (SSSR count). The van der Waals surface area contributed by atoms with Crippen LogP contribution in [0, 0.1) is 11.3 Å². The molecule has 3 heteroatoms. The molecular weight excluding hydrogens is 174 g/mol. The Bertz CT molecular complexity index is 199. The van der Waals surface area contributed by atoms with Crippen molar-refractivity contribution in [3.8, 4) is 6.07 Å². The van der Waals surface area contributed by atoms with Crippen molar-refractivity contribution >= 4 is 0 Å². The molecule has 0 radical (unpaired) electrons. The third-order valence-electron chi connectivity index (χ3n) is 3.09. The summed E-state index contributed by atoms with van der Waals surface area (Å²) >= 11 is 0. The van der Waals surface area contributed by atoms with E-state index in [1.165, 1.54) is 0 Å². The first-order chi connectivity index (χ1) is 6.65. The Balaban J connectivity index is 2.32. The average molecular weight is 195 g/mol. The first kappa shape index (κ1) is 11.5. The van der Waals surface area contributed by atoms with E-state index in [1.807, 2.05) is 0 Å². The summed E-state index contributed by atoms with van der Waals surface area (Å²) in [6.07, 6.45) is 0.654. The van der Waals surface area contributed by atoms with Crippen molar-refractivity contribution < 1.29 is 0 Å². The number of nitriles is 1. The van der Waals surface area contributed by atoms with Crippen molar-refractivity contribution in [2.75, 3.05) is 26.2 Å². The molecule has 1 heterocycles. The van der Waals surface area contributed by atoms with Gasteiger partial charge in [-0.2, -0.15) is 5.26 Å². The predicted molar refractivity (Wildman–Crippen MR) is 58.0 cm³/mol. The molecule has 0 aromatic carbocycles. The molecule has 14 heavy (non-hydrogen) atoms. The molecule has 0 spiro atoms. The van der Waals surface area contributed by atoms with Crippen LogP contribution in [0.3, 0.4) is 0 Å². The quantitative estimate of drug-likeness (QED) is 0.680. The van der Waals surface area contributed by atoms with E-state index in [-0.39, 0.29) is 0 Å². The van der Waals surface area contributed by atoms with Crippen LogP contribution in [0.15, 0.2) is 0 Å². The molecule has 0 aromatic heterocycles. The zero-order chi connectivity index (χ0) is 10.6. The normalized spacial score (nSPS) is 22.2. The van der Waals surface area contributed by atoms with E-state index in [4.69, 9.17) is 5.26 Å². The first-order valence-corrected chi connectivity index (χ1v) is 5.50. The summed E-state index contributed by atoms with van der Waals surface area (Å²) < 4.78 is 0. The molecule has 0 bridgehead atoms. The molecule has 0 amide bonds. The van der Waals surface area contributed by atoms with Gasteiger partial charge in [0, 0.05) is 38.3 Å². The van der Waals surface area contributed by atoms with Gasteiger partial charge in [-0.3, -0.25) is 9.80 Å². The highest BCUT2D eigenvalue weighted by atomic mass is 15.3. The van der Waals surface area contributed by atoms with E-state index in [0.717, 1.165) is 26.2 Å². The van der Waals surface area contributed by atoms with Crippen LogP contribution >= 0.6 is 0 Å². The summed E-state index contributed by atoms with van der Waals surface area (Å²) in [6, 6.07) is 3.32. The van der Waals surface area contributed by atoms with E-state index < -0.39 is 0 Å². The van der Waals surface area contributed by atoms with Crippen molar-refractivity contribution in [1.29, 1.82) is 5.26 Å². The molecule has 0 N–H and O–H groups in total. The Morgan fingerprint density at radius 2 is 1.57 bits per heavy atom. The highest BCUT2D eigenvalue weighted by Gasteiger charge is 2.21. The van der Waals surface area contributed by atoms with Crippen LogP contribution in [0.1, 0.15) is 27.2 Å². The van der Waals surface area contributed by atoms with Crippen molar-refractivity contribution in [1.82, 2.24) is 9.80 Å². The third kappa shape index (κ3) is 2.97. The van der Waals surface area contributed by atoms with Gasteiger partial charge < -0.3 is 0 Å². The average Bonchev–Trinajstić information content (AvgIpc) is 2.18. The second kappa shape index (κ2) is 5.33. The minimum absolute atomic E-state index is 0.425. The lowest BCUT2D eigenvalue weighted by atomic mass is 10.1. The molecule has 80 valence electrons. The van der Waals surface area contributed by atoms with Crippen LogP contribution in [0.25, 0.3) is 0 Å². The van der Waals surface area contributed by atoms with Crippen molar-refractivity contribution in [2.45, 2.75) is 39.3 Å². The minimum Gasteiger partial charge on any atom is -0.298 e. The molecule has 1 unspecified atom stereocenters. The van der Waals surface area contributed by atoms with E-state index >= 15 is 0 Å². The smallest absolute Gasteiger partial charge is 0.0638 e. The Kier molecular flexibility index (Phi) is 4.37. The standard InChI is InChI=1S/C11H21N3/c1-10(2)13-6-8-14(9-7-13)11(3)4-5-12/h10-11H,4,6-9H2,1-3H3. The van der Waals surface area contributed by atoms with Gasteiger partial charge >= 0.3 is 0 Å². The molecule has 0 aromatic rings. The molecule has 0 saturated carbocycles. The highest BCUT2D eigenvalue weighted by Crippen LogP contribution is 2.10. The van der Waals surface area contributed by atoms with Gasteiger partial charge in [0.25, 0.3) is 0 Å². The molecule has 1 aliphatic rings. The predicted octanol–water partition coefficient (Wildman–Crippen LogP) is 1.31. The van der Waals surface area contributed by atoms with E-state index in [2.05, 4.69) is 36.6 Å². The first-order valence-electron chi connectivity index (χ1n) is 5.50. The molecule has 3 nitrogen and oxygen atoms in total. The lowest BCUT2D eigenvalue weighted by Crippen LogP contribution is -2.51. The third-order valence-corrected chi connectivity index (χ3v) is 3.09. The maximum Gasteiger partial charge on any atom is 0.0638 e. The second-order valence-corrected chi connectivity index (χ2v) is 4.38. The van der Waals surface area contributed by atoms with Crippen molar-refractivity contribution in [3.05, 3.63) is 0 Å². The fourth-order valence-corrected chi connectivity index (χ4v) is 1.96. The summed E-state index contributed by atoms with van der Waals surface area (Å²) in [7, 11) is 0. The Morgan fingerprint density at radius 1 is 1.07 bits per heavy atom. The van der Waals surface area contributed by atoms with Crippen LogP contribution in [0.4, 0.5) is 0 Å². The molecule has 0 aliphatic carbocycles. The van der Waals surface area contributed by atoms with Crippen LogP contribution < -0.4 is 0 Å². The summed E-state index contributed by atoms with van der Waals surface area (Å²) in [5.74, 6) is 0. The van der Waals surface area contributed by atoms with Gasteiger partial charge in [-0.25, -0.2) is 0 Å². The van der Waals surface area contributed by atoms with Crippen LogP contribution in [-0.4, -0.2) is 48.1 Å². The van der Waals surface area contributed by atoms with Gasteiger partial charge in [0.05, 0.1) is 12.5 Å². The van der Waals surface area contributed by atoms with Gasteiger partial charge in [0.1, 0.15) is 0 Å². The zero-order valence-electron chi connectivity index (χ0n) is 9.53. The lowest BCUT2D eigenvalue weighted by Gasteiger charge is -2.39. The van der Waals surface area contributed by atoms with Gasteiger partial charge in [0.15, 0.2) is 0 Å². The summed E-state index contributed by atoms with van der Waals surface area (Å²) in [6.45, 7) is 11.2. The fraction of sp³-hybridized carbons (Fsp3) is 0.909. The maximum atomic E-state index is 8.62. The molecule has 1 aliphatic heterocycles. The van der Waals surface area contributed by atoms with Crippen molar-refractivity contribution in [3.63, 3.8) is 0 Å². The van der Waals surface area contributed by atoms with Crippen LogP contribution in [0.2, 0.25) is 0 Å². The Morgan fingerprint density at radius 3 is 2.00 bits per heavy atom. The van der Waals surface area contributed by atoms with Gasteiger partial charge in [-0.05, 0) is 20.8 Å². The van der Waals surface area contributed by atoms with Gasteiger partial charge in [0.2, 0.25) is 0 Å². The number of hydrogen-bond acceptors (Lipinski definition) is 3. The second-order valence-electron chi connectivity index (χ2n) is 4.38. The largest absolute Gasteiger partial charge is 0.298 e. The fourth-order valence-electron chi connectivity index (χ4n) is 1.96. The number of nitrogens with zero attached hydrogens (tertiary/aromatic N) is 3. The summed E-state index contributed by atoms with van der Waals surface area (Å²) in [5, 5.41) is 8.62. The van der Waals surface area contributed by atoms with Crippen LogP contribution in [0.5, 0.6) is 0 Å². The van der Waals surface area contributed by atoms with Gasteiger partial charge in [-0.1, -0.05) is 0 Å². The number of hydrogen-bond donors (Lipinski definition) is 0. The molecule has 1 saturated heterocycles. The van der Waals surface area contributed by atoms with Crippen molar-refractivity contribution in [2.24, 2.45) is 0 Å². The summed E-state index contributed by atoms with van der Waals surface area (Å²) in [5.41, 5.74) is 0. The molecule has 1 fully saturated rings. The van der Waals surface area contributed by atoms with Crippen LogP contribution in [-0.2, 0) is 0 Å². The number of piperazine rings is 1. The van der Waals surface area contributed by atoms with E-state index in [9.17, 15) is 0 Å². The Hall–Kier alpha value is -0.590. The topological polar surface area (TPSA) is 30.3 Å². The number of rotatable bonds is 3. The summed E-state index contributed by atoms with van der Waals surface area (Å²) in [4.78, 5) is 4.91. The maximum absolute atomic E-state index is 8.62. The lowest BCUT2D eigenvalue weighted by molar-refractivity contribution is 0.0847. The monoisotopic (exact) mass is 195 g/mol. The van der Waals surface area contributed by atoms with E-state index in [1.54, 1.807) is 0 Å². The minimum atomic E-state index is 0.425. The van der Waals surface area contributed by atoms with E-state index in [0.29, 0.717) is 18.5 Å².